The lowest BCUT2D eigenvalue weighted by Gasteiger charge is -2.36. The molecule has 0 radical (unpaired) electrons. The number of rotatable bonds is 4. The average molecular weight is 354 g/mol. The van der Waals surface area contributed by atoms with Gasteiger partial charge < -0.3 is 10.6 Å². The first-order valence-corrected chi connectivity index (χ1v) is 8.86. The second-order valence-electron chi connectivity index (χ2n) is 7.02. The summed E-state index contributed by atoms with van der Waals surface area (Å²) in [6, 6.07) is 8.46. The van der Waals surface area contributed by atoms with E-state index in [2.05, 4.69) is 16.7 Å². The highest BCUT2D eigenvalue weighted by molar-refractivity contribution is 6.10. The Morgan fingerprint density at radius 3 is 2.73 bits per heavy atom. The van der Waals surface area contributed by atoms with Crippen LogP contribution in [0, 0.1) is 17.2 Å². The van der Waals surface area contributed by atoms with E-state index in [-0.39, 0.29) is 18.4 Å². The van der Waals surface area contributed by atoms with Crippen molar-refractivity contribution in [1.29, 1.82) is 5.26 Å². The molecule has 1 saturated carbocycles. The standard InChI is InChI=1S/C19H22N4O3/c1-13-4-2-3-10-19(13)17(25)23(18(26)22-19)12-16(24)21-15-7-5-14(6-8-15)9-11-20/h5-8,13H,2-4,9-10,12H2,1H3,(H,21,24)(H,22,26)/t13-,19+/m0/s1. The SMILES string of the molecule is C[C@H]1CCCC[C@@]12NC(=O)N(CC(=O)Nc1ccc(CC#N)cc1)C2=O. The van der Waals surface area contributed by atoms with Crippen molar-refractivity contribution in [3.05, 3.63) is 29.8 Å². The average Bonchev–Trinajstić information content (AvgIpc) is 2.85. The molecular weight excluding hydrogens is 332 g/mol. The summed E-state index contributed by atoms with van der Waals surface area (Å²) in [5.74, 6) is -0.662. The second-order valence-corrected chi connectivity index (χ2v) is 7.02. The van der Waals surface area contributed by atoms with E-state index >= 15 is 0 Å². The van der Waals surface area contributed by atoms with Gasteiger partial charge in [0.05, 0.1) is 12.5 Å². The summed E-state index contributed by atoms with van der Waals surface area (Å²) < 4.78 is 0. The predicted molar refractivity (Wildman–Crippen MR) is 95.0 cm³/mol. The van der Waals surface area contributed by atoms with E-state index in [0.717, 1.165) is 29.7 Å². The van der Waals surface area contributed by atoms with Crippen LogP contribution in [0.4, 0.5) is 10.5 Å². The van der Waals surface area contributed by atoms with Crippen LogP contribution in [0.25, 0.3) is 0 Å². The summed E-state index contributed by atoms with van der Waals surface area (Å²) in [5.41, 5.74) is 0.562. The minimum absolute atomic E-state index is 0.0634. The lowest BCUT2D eigenvalue weighted by atomic mass is 9.73. The van der Waals surface area contributed by atoms with Gasteiger partial charge in [-0.1, -0.05) is 31.9 Å². The molecule has 1 spiro atoms. The van der Waals surface area contributed by atoms with Gasteiger partial charge in [-0.3, -0.25) is 14.5 Å². The van der Waals surface area contributed by atoms with Crippen LogP contribution in [0.5, 0.6) is 0 Å². The van der Waals surface area contributed by atoms with E-state index in [9.17, 15) is 14.4 Å². The van der Waals surface area contributed by atoms with Crippen LogP contribution in [0.1, 0.15) is 38.2 Å². The number of urea groups is 1. The van der Waals surface area contributed by atoms with Gasteiger partial charge in [0, 0.05) is 5.69 Å². The molecule has 3 rings (SSSR count). The zero-order valence-corrected chi connectivity index (χ0v) is 14.7. The Balaban J connectivity index is 1.64. The highest BCUT2D eigenvalue weighted by Crippen LogP contribution is 2.38. The Kier molecular flexibility index (Phi) is 4.94. The minimum Gasteiger partial charge on any atom is -0.325 e. The molecule has 4 amide bonds. The van der Waals surface area contributed by atoms with Gasteiger partial charge in [0.2, 0.25) is 5.91 Å². The molecule has 1 saturated heterocycles. The van der Waals surface area contributed by atoms with Crippen LogP contribution in [0.2, 0.25) is 0 Å². The van der Waals surface area contributed by atoms with E-state index in [1.54, 1.807) is 24.3 Å². The summed E-state index contributed by atoms with van der Waals surface area (Å²) >= 11 is 0. The first-order valence-electron chi connectivity index (χ1n) is 8.86. The fourth-order valence-corrected chi connectivity index (χ4v) is 3.78. The molecule has 2 fully saturated rings. The lowest BCUT2D eigenvalue weighted by molar-refractivity contribution is -0.136. The highest BCUT2D eigenvalue weighted by atomic mass is 16.2. The molecule has 0 unspecified atom stereocenters. The van der Waals surface area contributed by atoms with Crippen LogP contribution in [-0.4, -0.2) is 34.8 Å². The van der Waals surface area contributed by atoms with Crippen LogP contribution in [-0.2, 0) is 16.0 Å². The van der Waals surface area contributed by atoms with Gasteiger partial charge in [-0.2, -0.15) is 5.26 Å². The molecule has 1 aromatic rings. The number of hydrogen-bond acceptors (Lipinski definition) is 4. The van der Waals surface area contributed by atoms with Crippen molar-refractivity contribution < 1.29 is 14.4 Å². The zero-order chi connectivity index (χ0) is 18.7. The van der Waals surface area contributed by atoms with Crippen LogP contribution in [0.15, 0.2) is 24.3 Å². The third-order valence-corrected chi connectivity index (χ3v) is 5.32. The zero-order valence-electron chi connectivity index (χ0n) is 14.7. The molecule has 26 heavy (non-hydrogen) atoms. The first-order chi connectivity index (χ1) is 12.5. The Morgan fingerprint density at radius 2 is 2.08 bits per heavy atom. The molecule has 1 heterocycles. The van der Waals surface area contributed by atoms with E-state index in [1.807, 2.05) is 6.92 Å². The Morgan fingerprint density at radius 1 is 1.35 bits per heavy atom. The molecule has 136 valence electrons. The minimum atomic E-state index is -0.853. The maximum atomic E-state index is 12.8. The highest BCUT2D eigenvalue weighted by Gasteiger charge is 2.55. The van der Waals surface area contributed by atoms with Gasteiger partial charge in [-0.25, -0.2) is 4.79 Å². The lowest BCUT2D eigenvalue weighted by Crippen LogP contribution is -2.54. The molecule has 1 aliphatic carbocycles. The number of carbonyl (C=O) groups excluding carboxylic acids is 3. The Bertz CT molecular complexity index is 768. The summed E-state index contributed by atoms with van der Waals surface area (Å²) in [5, 5.41) is 14.2. The molecule has 2 aliphatic rings. The van der Waals surface area contributed by atoms with Crippen LogP contribution in [0.3, 0.4) is 0 Å². The number of benzene rings is 1. The molecule has 7 nitrogen and oxygen atoms in total. The van der Waals surface area contributed by atoms with Gasteiger partial charge in [0.1, 0.15) is 12.1 Å². The van der Waals surface area contributed by atoms with Crippen molar-refractivity contribution in [1.82, 2.24) is 10.2 Å². The maximum absolute atomic E-state index is 12.8. The summed E-state index contributed by atoms with van der Waals surface area (Å²) in [6.07, 6.45) is 3.76. The van der Waals surface area contributed by atoms with Crippen molar-refractivity contribution >= 4 is 23.5 Å². The number of imide groups is 1. The molecule has 2 N–H and O–H groups in total. The third-order valence-electron chi connectivity index (χ3n) is 5.32. The molecular formula is C19H22N4O3. The molecule has 0 bridgehead atoms. The van der Waals surface area contributed by atoms with Gasteiger partial charge in [0.15, 0.2) is 0 Å². The van der Waals surface area contributed by atoms with Crippen molar-refractivity contribution in [2.75, 3.05) is 11.9 Å². The fourth-order valence-electron chi connectivity index (χ4n) is 3.78. The topological polar surface area (TPSA) is 102 Å². The van der Waals surface area contributed by atoms with E-state index in [0.29, 0.717) is 18.5 Å². The van der Waals surface area contributed by atoms with Crippen molar-refractivity contribution in [2.45, 2.75) is 44.6 Å². The van der Waals surface area contributed by atoms with Crippen LogP contribution < -0.4 is 10.6 Å². The van der Waals surface area contributed by atoms with Crippen molar-refractivity contribution in [2.24, 2.45) is 5.92 Å². The number of nitriles is 1. The van der Waals surface area contributed by atoms with Gasteiger partial charge in [-0.15, -0.1) is 0 Å². The largest absolute Gasteiger partial charge is 0.325 e. The van der Waals surface area contributed by atoms with Crippen molar-refractivity contribution in [3.63, 3.8) is 0 Å². The Labute approximate surface area is 152 Å². The van der Waals surface area contributed by atoms with Crippen LogP contribution >= 0.6 is 0 Å². The summed E-state index contributed by atoms with van der Waals surface area (Å²) in [4.78, 5) is 38.4. The Hall–Kier alpha value is -2.88. The molecule has 2 atom stereocenters. The number of amides is 4. The maximum Gasteiger partial charge on any atom is 0.325 e. The normalized spacial score (nSPS) is 25.1. The van der Waals surface area contributed by atoms with Gasteiger partial charge >= 0.3 is 6.03 Å². The number of nitrogens with one attached hydrogen (secondary N) is 2. The van der Waals surface area contributed by atoms with E-state index in [4.69, 9.17) is 5.26 Å². The number of anilines is 1. The van der Waals surface area contributed by atoms with E-state index < -0.39 is 17.5 Å². The number of hydrogen-bond donors (Lipinski definition) is 2. The van der Waals surface area contributed by atoms with Gasteiger partial charge in [0.25, 0.3) is 5.91 Å². The van der Waals surface area contributed by atoms with Crippen molar-refractivity contribution in [3.8, 4) is 6.07 Å². The number of carbonyl (C=O) groups is 3. The second kappa shape index (κ2) is 7.16. The first kappa shape index (κ1) is 17.9. The summed E-state index contributed by atoms with van der Waals surface area (Å²) in [6.45, 7) is 1.67. The fraction of sp³-hybridized carbons (Fsp3) is 0.474. The monoisotopic (exact) mass is 354 g/mol. The van der Waals surface area contributed by atoms with E-state index in [1.165, 1.54) is 0 Å². The third kappa shape index (κ3) is 3.27. The smallest absolute Gasteiger partial charge is 0.325 e. The quantitative estimate of drug-likeness (QED) is 0.809. The number of nitrogens with zero attached hydrogens (tertiary/aromatic N) is 2. The summed E-state index contributed by atoms with van der Waals surface area (Å²) in [7, 11) is 0. The molecule has 1 aliphatic heterocycles. The molecule has 1 aromatic carbocycles. The predicted octanol–water partition coefficient (Wildman–Crippen LogP) is 2.19. The van der Waals surface area contributed by atoms with Gasteiger partial charge in [-0.05, 0) is 36.5 Å². The molecule has 7 heteroatoms. The molecule has 0 aromatic heterocycles.